The summed E-state index contributed by atoms with van der Waals surface area (Å²) in [6.07, 6.45) is 1.43. The van der Waals surface area contributed by atoms with Gasteiger partial charge in [-0.15, -0.1) is 11.3 Å². The van der Waals surface area contributed by atoms with Gasteiger partial charge in [0.2, 0.25) is 0 Å². The molecular weight excluding hydrogens is 350 g/mol. The van der Waals surface area contributed by atoms with Crippen molar-refractivity contribution in [2.45, 2.75) is 19.8 Å². The zero-order chi connectivity index (χ0) is 18.5. The van der Waals surface area contributed by atoms with Crippen LogP contribution in [0, 0.1) is 0 Å². The topological polar surface area (TPSA) is 68.5 Å². The highest BCUT2D eigenvalue weighted by Gasteiger charge is 2.23. The number of carbonyl (C=O) groups excluding carboxylic acids is 2. The third-order valence-electron chi connectivity index (χ3n) is 3.94. The second-order valence-corrected chi connectivity index (χ2v) is 6.76. The summed E-state index contributed by atoms with van der Waals surface area (Å²) in [4.78, 5) is 25.6. The molecule has 0 fully saturated rings. The van der Waals surface area contributed by atoms with Crippen LogP contribution >= 0.6 is 11.3 Å². The van der Waals surface area contributed by atoms with Crippen molar-refractivity contribution in [1.82, 2.24) is 0 Å². The third kappa shape index (κ3) is 3.86. The van der Waals surface area contributed by atoms with Crippen LogP contribution in [-0.4, -0.2) is 18.5 Å². The number of amides is 1. The lowest BCUT2D eigenvalue weighted by Crippen LogP contribution is -2.13. The summed E-state index contributed by atoms with van der Waals surface area (Å²) >= 11 is 1.37. The van der Waals surface area contributed by atoms with E-state index in [0.717, 1.165) is 10.4 Å². The fourth-order valence-electron chi connectivity index (χ4n) is 2.56. The molecule has 0 unspecified atom stereocenters. The van der Waals surface area contributed by atoms with Gasteiger partial charge in [0.15, 0.2) is 5.76 Å². The molecule has 6 heteroatoms. The maximum atomic E-state index is 12.3. The Morgan fingerprint density at radius 2 is 1.96 bits per heavy atom. The quantitative estimate of drug-likeness (QED) is 0.626. The van der Waals surface area contributed by atoms with E-state index in [4.69, 9.17) is 9.15 Å². The molecule has 1 aromatic carbocycles. The Kier molecular flexibility index (Phi) is 5.53. The fourth-order valence-corrected chi connectivity index (χ4v) is 3.68. The molecule has 5 nitrogen and oxygen atoms in total. The molecule has 3 aromatic rings. The van der Waals surface area contributed by atoms with Crippen LogP contribution in [0.3, 0.4) is 0 Å². The van der Waals surface area contributed by atoms with Gasteiger partial charge in [0.25, 0.3) is 5.91 Å². The number of hydrogen-bond acceptors (Lipinski definition) is 5. The fraction of sp³-hybridized carbons (Fsp3) is 0.200. The van der Waals surface area contributed by atoms with E-state index in [1.165, 1.54) is 17.6 Å². The molecular formula is C20H19NO4S. The van der Waals surface area contributed by atoms with E-state index < -0.39 is 11.9 Å². The van der Waals surface area contributed by atoms with Crippen LogP contribution in [0.15, 0.2) is 59.2 Å². The summed E-state index contributed by atoms with van der Waals surface area (Å²) < 4.78 is 10.2. The van der Waals surface area contributed by atoms with Crippen molar-refractivity contribution < 1.29 is 18.7 Å². The molecule has 134 valence electrons. The molecule has 0 saturated carbocycles. The maximum Gasteiger partial charge on any atom is 0.341 e. The van der Waals surface area contributed by atoms with Gasteiger partial charge in [-0.3, -0.25) is 4.79 Å². The van der Waals surface area contributed by atoms with Crippen molar-refractivity contribution in [1.29, 1.82) is 0 Å². The molecule has 26 heavy (non-hydrogen) atoms. The van der Waals surface area contributed by atoms with Crippen LogP contribution in [0.1, 0.15) is 51.1 Å². The third-order valence-corrected chi connectivity index (χ3v) is 5.18. The number of nitrogens with one attached hydrogen (secondary N) is 1. The van der Waals surface area contributed by atoms with Gasteiger partial charge < -0.3 is 14.5 Å². The smallest absolute Gasteiger partial charge is 0.341 e. The van der Waals surface area contributed by atoms with E-state index >= 15 is 0 Å². The minimum absolute atomic E-state index is 0.0867. The van der Waals surface area contributed by atoms with E-state index in [1.807, 2.05) is 30.3 Å². The Labute approximate surface area is 155 Å². The molecule has 2 heterocycles. The number of rotatable bonds is 6. The summed E-state index contributed by atoms with van der Waals surface area (Å²) in [6.45, 7) is 4.08. The lowest BCUT2D eigenvalue weighted by atomic mass is 9.99. The lowest BCUT2D eigenvalue weighted by Gasteiger charge is -2.09. The zero-order valence-corrected chi connectivity index (χ0v) is 15.3. The van der Waals surface area contributed by atoms with Gasteiger partial charge in [-0.2, -0.15) is 0 Å². The summed E-state index contributed by atoms with van der Waals surface area (Å²) in [5.74, 6) is -0.583. The minimum atomic E-state index is -0.454. The van der Waals surface area contributed by atoms with E-state index in [1.54, 1.807) is 25.1 Å². The number of furan rings is 1. The van der Waals surface area contributed by atoms with E-state index in [-0.39, 0.29) is 18.3 Å². The first kappa shape index (κ1) is 17.9. The molecule has 1 atom stereocenters. The average Bonchev–Trinajstić information content (AvgIpc) is 3.32. The molecule has 0 spiro atoms. The van der Waals surface area contributed by atoms with E-state index in [2.05, 4.69) is 12.2 Å². The zero-order valence-electron chi connectivity index (χ0n) is 14.5. The number of benzene rings is 1. The lowest BCUT2D eigenvalue weighted by molar-refractivity contribution is 0.0528. The van der Waals surface area contributed by atoms with Crippen LogP contribution in [0.5, 0.6) is 0 Å². The van der Waals surface area contributed by atoms with Crippen LogP contribution < -0.4 is 5.32 Å². The molecule has 0 aliphatic rings. The monoisotopic (exact) mass is 369 g/mol. The maximum absolute atomic E-state index is 12.3. The largest absolute Gasteiger partial charge is 0.462 e. The summed E-state index contributed by atoms with van der Waals surface area (Å²) in [5, 5.41) is 3.22. The van der Waals surface area contributed by atoms with Crippen molar-refractivity contribution in [2.75, 3.05) is 11.9 Å². The van der Waals surface area contributed by atoms with Gasteiger partial charge >= 0.3 is 5.97 Å². The standard InChI is InChI=1S/C20H19NO4S/c1-3-24-20(23)15-12-17(13(2)14-8-5-4-6-9-14)26-19(15)21-18(22)16-10-7-11-25-16/h4-13H,3H2,1-2H3,(H,21,22)/t13-/m1/s1. The van der Waals surface area contributed by atoms with Gasteiger partial charge in [0, 0.05) is 10.8 Å². The minimum Gasteiger partial charge on any atom is -0.462 e. The molecule has 1 N–H and O–H groups in total. The van der Waals surface area contributed by atoms with Crippen LogP contribution in [0.4, 0.5) is 5.00 Å². The van der Waals surface area contributed by atoms with Gasteiger partial charge in [-0.05, 0) is 30.7 Å². The van der Waals surface area contributed by atoms with Gasteiger partial charge in [-0.1, -0.05) is 37.3 Å². The number of thiophene rings is 1. The van der Waals surface area contributed by atoms with Crippen LogP contribution in [0.2, 0.25) is 0 Å². The number of hydrogen-bond donors (Lipinski definition) is 1. The second-order valence-electron chi connectivity index (χ2n) is 5.68. The molecule has 0 bridgehead atoms. The van der Waals surface area contributed by atoms with Crippen molar-refractivity contribution >= 4 is 28.2 Å². The Hall–Kier alpha value is -2.86. The molecule has 1 amide bonds. The molecule has 0 aliphatic carbocycles. The second kappa shape index (κ2) is 8.01. The molecule has 0 aliphatic heterocycles. The highest BCUT2D eigenvalue weighted by Crippen LogP contribution is 2.36. The van der Waals surface area contributed by atoms with E-state index in [9.17, 15) is 9.59 Å². The Morgan fingerprint density at radius 1 is 1.19 bits per heavy atom. The highest BCUT2D eigenvalue weighted by molar-refractivity contribution is 7.16. The van der Waals surface area contributed by atoms with Crippen molar-refractivity contribution in [3.8, 4) is 0 Å². The van der Waals surface area contributed by atoms with E-state index in [0.29, 0.717) is 10.6 Å². The van der Waals surface area contributed by atoms with Crippen molar-refractivity contribution in [3.05, 3.63) is 76.6 Å². The summed E-state index contributed by atoms with van der Waals surface area (Å²) in [6, 6.07) is 15.0. The number of anilines is 1. The summed E-state index contributed by atoms with van der Waals surface area (Å²) in [7, 11) is 0. The first-order valence-corrected chi connectivity index (χ1v) is 9.12. The van der Waals surface area contributed by atoms with Crippen LogP contribution in [-0.2, 0) is 4.74 Å². The molecule has 0 saturated heterocycles. The highest BCUT2D eigenvalue weighted by atomic mass is 32.1. The molecule has 3 rings (SSSR count). The average molecular weight is 369 g/mol. The van der Waals surface area contributed by atoms with Gasteiger partial charge in [0.1, 0.15) is 5.00 Å². The van der Waals surface area contributed by atoms with Crippen molar-refractivity contribution in [3.63, 3.8) is 0 Å². The molecule has 2 aromatic heterocycles. The first-order valence-electron chi connectivity index (χ1n) is 8.30. The predicted molar refractivity (Wildman–Crippen MR) is 101 cm³/mol. The molecule has 0 radical (unpaired) electrons. The Morgan fingerprint density at radius 3 is 2.62 bits per heavy atom. The Bertz CT molecular complexity index is 884. The van der Waals surface area contributed by atoms with Gasteiger partial charge in [-0.25, -0.2) is 4.79 Å². The number of carbonyl (C=O) groups is 2. The summed E-state index contributed by atoms with van der Waals surface area (Å²) in [5.41, 5.74) is 1.49. The predicted octanol–water partition coefficient (Wildman–Crippen LogP) is 4.92. The normalized spacial score (nSPS) is 11.8. The number of esters is 1. The first-order chi connectivity index (χ1) is 12.6. The van der Waals surface area contributed by atoms with Gasteiger partial charge in [0.05, 0.1) is 18.4 Å². The van der Waals surface area contributed by atoms with Crippen molar-refractivity contribution in [2.24, 2.45) is 0 Å². The number of ether oxygens (including phenoxy) is 1. The SMILES string of the molecule is CCOC(=O)c1cc([C@H](C)c2ccccc2)sc1NC(=O)c1ccco1. The van der Waals surface area contributed by atoms with Crippen LogP contribution in [0.25, 0.3) is 0 Å². The Balaban J connectivity index is 1.92.